The lowest BCUT2D eigenvalue weighted by Crippen LogP contribution is -2.32. The molecule has 0 aliphatic carbocycles. The molecule has 0 radical (unpaired) electrons. The first-order chi connectivity index (χ1) is 11.8. The highest BCUT2D eigenvalue weighted by molar-refractivity contribution is 5.79. The Balaban J connectivity index is 1.44. The molecule has 128 valence electrons. The van der Waals surface area contributed by atoms with E-state index in [1.54, 1.807) is 0 Å². The molecule has 0 bridgehead atoms. The minimum atomic E-state index is 0.130. The number of pyridine rings is 1. The number of benzene rings is 1. The summed E-state index contributed by atoms with van der Waals surface area (Å²) in [5, 5.41) is 4.14. The smallest absolute Gasteiger partial charge is 0.221 e. The molecule has 0 saturated carbocycles. The van der Waals surface area contributed by atoms with Crippen molar-refractivity contribution in [3.8, 4) is 0 Å². The average Bonchev–Trinajstić information content (AvgIpc) is 2.59. The Hall–Kier alpha value is -1.94. The molecule has 1 aliphatic rings. The monoisotopic (exact) mass is 325 g/mol. The van der Waals surface area contributed by atoms with E-state index < -0.39 is 0 Å². The molecule has 1 aromatic carbocycles. The maximum absolute atomic E-state index is 12.1. The Kier molecular flexibility index (Phi) is 6.19. The minimum Gasteiger partial charge on any atom is -0.352 e. The molecule has 2 heterocycles. The van der Waals surface area contributed by atoms with Crippen LogP contribution in [0.4, 0.5) is 0 Å². The second kappa shape index (κ2) is 8.78. The van der Waals surface area contributed by atoms with Crippen LogP contribution in [0.2, 0.25) is 0 Å². The number of nitrogens with zero attached hydrogens (tertiary/aromatic N) is 2. The van der Waals surface area contributed by atoms with Crippen LogP contribution in [0, 0.1) is 0 Å². The number of amides is 1. The van der Waals surface area contributed by atoms with Crippen molar-refractivity contribution < 1.29 is 4.79 Å². The van der Waals surface area contributed by atoms with Gasteiger partial charge in [0.2, 0.25) is 5.91 Å². The molecule has 1 N–H and O–H groups in total. The number of fused-ring (bicyclic) bond motifs is 1. The van der Waals surface area contributed by atoms with Crippen LogP contribution >= 0.6 is 0 Å². The van der Waals surface area contributed by atoms with E-state index in [0.717, 1.165) is 36.1 Å². The predicted octanol–water partition coefficient (Wildman–Crippen LogP) is 3.51. The molecule has 4 nitrogen and oxygen atoms in total. The lowest BCUT2D eigenvalue weighted by Gasteiger charge is -2.24. The van der Waals surface area contributed by atoms with Crippen molar-refractivity contribution in [3.05, 3.63) is 42.1 Å². The zero-order valence-corrected chi connectivity index (χ0v) is 14.3. The molecule has 1 aromatic heterocycles. The molecule has 2 aromatic rings. The SMILES string of the molecule is O=C(CCN1CCCCCCC1)NCc1cnc2ccccc2c1. The summed E-state index contributed by atoms with van der Waals surface area (Å²) < 4.78 is 0. The van der Waals surface area contributed by atoms with Gasteiger partial charge in [-0.2, -0.15) is 0 Å². The van der Waals surface area contributed by atoms with Gasteiger partial charge in [-0.05, 0) is 43.6 Å². The third kappa shape index (κ3) is 5.03. The molecule has 0 spiro atoms. The molecule has 0 atom stereocenters. The minimum absolute atomic E-state index is 0.130. The molecule has 24 heavy (non-hydrogen) atoms. The van der Waals surface area contributed by atoms with Gasteiger partial charge in [-0.3, -0.25) is 9.78 Å². The van der Waals surface area contributed by atoms with Crippen LogP contribution in [0.5, 0.6) is 0 Å². The second-order valence-electron chi connectivity index (χ2n) is 6.67. The Morgan fingerprint density at radius 2 is 1.83 bits per heavy atom. The number of carbonyl (C=O) groups is 1. The summed E-state index contributed by atoms with van der Waals surface area (Å²) in [6.07, 6.45) is 9.00. The van der Waals surface area contributed by atoms with Gasteiger partial charge in [0, 0.05) is 31.1 Å². The first-order valence-electron chi connectivity index (χ1n) is 9.14. The number of rotatable bonds is 5. The largest absolute Gasteiger partial charge is 0.352 e. The van der Waals surface area contributed by atoms with Crippen molar-refractivity contribution in [2.75, 3.05) is 19.6 Å². The number of carbonyl (C=O) groups excluding carboxylic acids is 1. The zero-order chi connectivity index (χ0) is 16.6. The topological polar surface area (TPSA) is 45.2 Å². The van der Waals surface area contributed by atoms with Gasteiger partial charge in [0.15, 0.2) is 0 Å². The molecule has 1 saturated heterocycles. The highest BCUT2D eigenvalue weighted by Gasteiger charge is 2.10. The van der Waals surface area contributed by atoms with Gasteiger partial charge >= 0.3 is 0 Å². The highest BCUT2D eigenvalue weighted by atomic mass is 16.1. The molecule has 3 rings (SSSR count). The highest BCUT2D eigenvalue weighted by Crippen LogP contribution is 2.13. The lowest BCUT2D eigenvalue weighted by atomic mass is 10.1. The van der Waals surface area contributed by atoms with Crippen molar-refractivity contribution in [1.82, 2.24) is 15.2 Å². The summed E-state index contributed by atoms with van der Waals surface area (Å²) in [5.41, 5.74) is 2.04. The van der Waals surface area contributed by atoms with Crippen LogP contribution in [0.3, 0.4) is 0 Å². The number of para-hydroxylation sites is 1. The average molecular weight is 325 g/mol. The Labute approximate surface area is 144 Å². The standard InChI is InChI=1S/C20H27N3O/c24-20(10-13-23-11-6-2-1-3-7-12-23)22-16-17-14-18-8-4-5-9-19(18)21-15-17/h4-5,8-9,14-15H,1-3,6-7,10-13,16H2,(H,22,24). The van der Waals surface area contributed by atoms with Gasteiger partial charge in [-0.25, -0.2) is 0 Å². The molecule has 1 fully saturated rings. The van der Waals surface area contributed by atoms with Gasteiger partial charge in [-0.1, -0.05) is 37.5 Å². The van der Waals surface area contributed by atoms with Gasteiger partial charge in [0.1, 0.15) is 0 Å². The summed E-state index contributed by atoms with van der Waals surface area (Å²) in [6, 6.07) is 10.1. The van der Waals surface area contributed by atoms with E-state index in [4.69, 9.17) is 0 Å². The summed E-state index contributed by atoms with van der Waals surface area (Å²) >= 11 is 0. The first-order valence-corrected chi connectivity index (χ1v) is 9.14. The summed E-state index contributed by atoms with van der Waals surface area (Å²) in [7, 11) is 0. The Morgan fingerprint density at radius 1 is 1.08 bits per heavy atom. The quantitative estimate of drug-likeness (QED) is 0.915. The maximum Gasteiger partial charge on any atom is 0.221 e. The number of hydrogen-bond acceptors (Lipinski definition) is 3. The van der Waals surface area contributed by atoms with Crippen molar-refractivity contribution in [1.29, 1.82) is 0 Å². The first kappa shape index (κ1) is 16.9. The normalized spacial score (nSPS) is 16.5. The number of likely N-dealkylation sites (tertiary alicyclic amines) is 1. The van der Waals surface area contributed by atoms with Gasteiger partial charge in [-0.15, -0.1) is 0 Å². The fourth-order valence-corrected chi connectivity index (χ4v) is 3.30. The third-order valence-electron chi connectivity index (χ3n) is 4.74. The molecule has 0 unspecified atom stereocenters. The van der Waals surface area contributed by atoms with E-state index in [1.165, 1.54) is 32.1 Å². The number of hydrogen-bond donors (Lipinski definition) is 1. The van der Waals surface area contributed by atoms with Crippen LogP contribution in [0.25, 0.3) is 10.9 Å². The number of nitrogens with one attached hydrogen (secondary N) is 1. The zero-order valence-electron chi connectivity index (χ0n) is 14.3. The van der Waals surface area contributed by atoms with Crippen LogP contribution in [0.1, 0.15) is 44.1 Å². The van der Waals surface area contributed by atoms with Crippen LogP contribution in [-0.2, 0) is 11.3 Å². The predicted molar refractivity (Wildman–Crippen MR) is 97.7 cm³/mol. The van der Waals surface area contributed by atoms with Crippen molar-refractivity contribution >= 4 is 16.8 Å². The molecule has 1 aliphatic heterocycles. The van der Waals surface area contributed by atoms with E-state index in [0.29, 0.717) is 13.0 Å². The third-order valence-corrected chi connectivity index (χ3v) is 4.74. The second-order valence-corrected chi connectivity index (χ2v) is 6.67. The molecular formula is C20H27N3O. The van der Waals surface area contributed by atoms with E-state index in [-0.39, 0.29) is 5.91 Å². The summed E-state index contributed by atoms with van der Waals surface area (Å²) in [6.45, 7) is 3.71. The van der Waals surface area contributed by atoms with Crippen molar-refractivity contribution in [2.24, 2.45) is 0 Å². The van der Waals surface area contributed by atoms with E-state index in [1.807, 2.05) is 24.4 Å². The van der Waals surface area contributed by atoms with Gasteiger partial charge in [0.25, 0.3) is 0 Å². The van der Waals surface area contributed by atoms with Crippen LogP contribution in [-0.4, -0.2) is 35.4 Å². The van der Waals surface area contributed by atoms with Crippen LogP contribution < -0.4 is 5.32 Å². The van der Waals surface area contributed by atoms with Crippen molar-refractivity contribution in [2.45, 2.75) is 45.1 Å². The summed E-state index contributed by atoms with van der Waals surface area (Å²) in [4.78, 5) is 19.0. The van der Waals surface area contributed by atoms with Gasteiger partial charge < -0.3 is 10.2 Å². The maximum atomic E-state index is 12.1. The number of aromatic nitrogens is 1. The fourth-order valence-electron chi connectivity index (χ4n) is 3.30. The van der Waals surface area contributed by atoms with E-state index in [9.17, 15) is 4.79 Å². The van der Waals surface area contributed by atoms with Crippen LogP contribution in [0.15, 0.2) is 36.5 Å². The van der Waals surface area contributed by atoms with Crippen molar-refractivity contribution in [3.63, 3.8) is 0 Å². The van der Waals surface area contributed by atoms with E-state index >= 15 is 0 Å². The Morgan fingerprint density at radius 3 is 2.67 bits per heavy atom. The Bertz CT molecular complexity index is 663. The molecule has 1 amide bonds. The molecular weight excluding hydrogens is 298 g/mol. The molecule has 4 heteroatoms. The van der Waals surface area contributed by atoms with E-state index in [2.05, 4.69) is 27.3 Å². The van der Waals surface area contributed by atoms with Gasteiger partial charge in [0.05, 0.1) is 5.52 Å². The summed E-state index contributed by atoms with van der Waals surface area (Å²) in [5.74, 6) is 0.130. The lowest BCUT2D eigenvalue weighted by molar-refractivity contribution is -0.121. The fraction of sp³-hybridized carbons (Fsp3) is 0.500.